The largest absolute Gasteiger partial charge is 0.450 e. The molecule has 3 atom stereocenters. The summed E-state index contributed by atoms with van der Waals surface area (Å²) in [6.45, 7) is 2.33. The summed E-state index contributed by atoms with van der Waals surface area (Å²) in [6, 6.07) is 49.9. The number of para-hydroxylation sites is 2. The molecule has 0 saturated heterocycles. The molecular weight excluding hydrogens is 623 g/mol. The molecular formula is C48H37NO2. The molecule has 6 aromatic carbocycles. The summed E-state index contributed by atoms with van der Waals surface area (Å²) in [5, 5.41) is 2.43. The Labute approximate surface area is 299 Å². The van der Waals surface area contributed by atoms with Crippen LogP contribution < -0.4 is 14.4 Å². The van der Waals surface area contributed by atoms with Gasteiger partial charge in [0.05, 0.1) is 11.5 Å². The molecule has 246 valence electrons. The number of anilines is 2. The normalized spacial score (nSPS) is 21.2. The first kappa shape index (κ1) is 29.8. The summed E-state index contributed by atoms with van der Waals surface area (Å²) in [7, 11) is 0. The van der Waals surface area contributed by atoms with Gasteiger partial charge in [-0.05, 0) is 82.3 Å². The van der Waals surface area contributed by atoms with Crippen LogP contribution in [-0.4, -0.2) is 6.04 Å². The molecule has 3 unspecified atom stereocenters. The van der Waals surface area contributed by atoms with E-state index in [1.54, 1.807) is 0 Å². The number of hydrogen-bond acceptors (Lipinski definition) is 3. The van der Waals surface area contributed by atoms with Crippen molar-refractivity contribution < 1.29 is 9.47 Å². The van der Waals surface area contributed by atoms with Crippen molar-refractivity contribution in [2.45, 2.75) is 31.2 Å². The average Bonchev–Trinajstić information content (AvgIpc) is 3.48. The molecule has 1 aliphatic heterocycles. The smallest absolute Gasteiger partial charge is 0.172 e. The first-order chi connectivity index (χ1) is 25.2. The third-order valence-corrected chi connectivity index (χ3v) is 11.1. The van der Waals surface area contributed by atoms with Crippen LogP contribution >= 0.6 is 0 Å². The van der Waals surface area contributed by atoms with Crippen LogP contribution in [-0.2, 0) is 5.41 Å². The van der Waals surface area contributed by atoms with E-state index in [1.165, 1.54) is 44.2 Å². The predicted molar refractivity (Wildman–Crippen MR) is 208 cm³/mol. The van der Waals surface area contributed by atoms with Crippen molar-refractivity contribution in [3.05, 3.63) is 198 Å². The van der Waals surface area contributed by atoms with Gasteiger partial charge in [0.25, 0.3) is 0 Å². The molecule has 0 fully saturated rings. The van der Waals surface area contributed by atoms with E-state index in [0.29, 0.717) is 5.92 Å². The Bertz CT molecular complexity index is 2460. The molecule has 3 aliphatic carbocycles. The molecule has 0 radical (unpaired) electrons. The first-order valence-corrected chi connectivity index (χ1v) is 18.0. The van der Waals surface area contributed by atoms with Crippen molar-refractivity contribution in [1.29, 1.82) is 0 Å². The summed E-state index contributed by atoms with van der Waals surface area (Å²) in [6.07, 6.45) is 13.9. The molecule has 0 N–H and O–H groups in total. The molecule has 0 saturated carbocycles. The van der Waals surface area contributed by atoms with Gasteiger partial charge in [0.1, 0.15) is 0 Å². The molecule has 51 heavy (non-hydrogen) atoms. The van der Waals surface area contributed by atoms with Gasteiger partial charge >= 0.3 is 0 Å². The van der Waals surface area contributed by atoms with Crippen molar-refractivity contribution in [3.63, 3.8) is 0 Å². The Morgan fingerprint density at radius 2 is 1.41 bits per heavy atom. The number of nitrogens with zero attached hydrogens (tertiary/aromatic N) is 1. The summed E-state index contributed by atoms with van der Waals surface area (Å²) < 4.78 is 12.8. The molecule has 0 amide bonds. The van der Waals surface area contributed by atoms with Gasteiger partial charge in [-0.2, -0.15) is 0 Å². The topological polar surface area (TPSA) is 21.7 Å². The van der Waals surface area contributed by atoms with Crippen LogP contribution in [0.25, 0.3) is 16.3 Å². The standard InChI is InChI=1S/C48H37NO2/c1-32-13-11-18-35(29-32)48(34-16-3-2-4-17-34)41-21-8-7-20-39(41)40-27-25-36(30-42(40)48)49(43-22-12-15-33-14-5-6-19-38(33)43)37-26-28-46-47(31-37)51-45-24-10-9-23-44(45)50-46/h2-24,26-28,30-32,36H,25,29H2,1H3. The second-order valence-electron chi connectivity index (χ2n) is 14.1. The fourth-order valence-electron chi connectivity index (χ4n) is 8.90. The Balaban J connectivity index is 1.20. The Kier molecular flexibility index (Phi) is 6.89. The minimum absolute atomic E-state index is 0.0268. The fraction of sp³-hybridized carbons (Fsp3) is 0.125. The van der Waals surface area contributed by atoms with E-state index in [2.05, 4.69) is 157 Å². The van der Waals surface area contributed by atoms with E-state index in [-0.39, 0.29) is 6.04 Å². The second kappa shape index (κ2) is 11.8. The monoisotopic (exact) mass is 659 g/mol. The van der Waals surface area contributed by atoms with E-state index in [1.807, 2.05) is 24.3 Å². The predicted octanol–water partition coefficient (Wildman–Crippen LogP) is 12.5. The van der Waals surface area contributed by atoms with Crippen molar-refractivity contribution in [3.8, 4) is 23.0 Å². The number of allylic oxidation sites excluding steroid dienone is 6. The van der Waals surface area contributed by atoms with Gasteiger partial charge in [-0.15, -0.1) is 0 Å². The van der Waals surface area contributed by atoms with Crippen molar-refractivity contribution in [2.24, 2.45) is 5.92 Å². The van der Waals surface area contributed by atoms with Gasteiger partial charge in [0.15, 0.2) is 23.0 Å². The second-order valence-corrected chi connectivity index (χ2v) is 14.1. The zero-order chi connectivity index (χ0) is 33.9. The highest BCUT2D eigenvalue weighted by molar-refractivity contribution is 5.98. The van der Waals surface area contributed by atoms with Gasteiger partial charge in [0.2, 0.25) is 0 Å². The van der Waals surface area contributed by atoms with Gasteiger partial charge in [-0.25, -0.2) is 0 Å². The SMILES string of the molecule is CC1C=CC=C(C2(c3ccccc3)C3=CC(N(c4ccc5c(c4)Oc4ccccc4O5)c4cccc5ccccc45)CC=C3c3ccccc32)C1. The van der Waals surface area contributed by atoms with Crippen molar-refractivity contribution in [1.82, 2.24) is 0 Å². The minimum Gasteiger partial charge on any atom is -0.450 e. The molecule has 0 spiro atoms. The molecule has 10 rings (SSSR count). The molecule has 4 aliphatic rings. The maximum Gasteiger partial charge on any atom is 0.172 e. The van der Waals surface area contributed by atoms with E-state index in [9.17, 15) is 0 Å². The number of rotatable bonds is 5. The lowest BCUT2D eigenvalue weighted by Gasteiger charge is -2.41. The molecule has 6 aromatic rings. The summed E-state index contributed by atoms with van der Waals surface area (Å²) in [4.78, 5) is 2.52. The van der Waals surface area contributed by atoms with E-state index in [4.69, 9.17) is 9.47 Å². The lowest BCUT2D eigenvalue weighted by atomic mass is 9.63. The van der Waals surface area contributed by atoms with Gasteiger partial charge in [0, 0.05) is 22.8 Å². The Hall–Kier alpha value is -6.06. The van der Waals surface area contributed by atoms with Crippen LogP contribution in [0, 0.1) is 5.92 Å². The minimum atomic E-state index is -0.400. The lowest BCUT2D eigenvalue weighted by molar-refractivity contribution is 0.359. The number of ether oxygens (including phenoxy) is 2. The molecule has 0 bridgehead atoms. The number of benzene rings is 6. The van der Waals surface area contributed by atoms with Gasteiger partial charge in [-0.1, -0.05) is 146 Å². The number of hydrogen-bond donors (Lipinski definition) is 0. The van der Waals surface area contributed by atoms with E-state index in [0.717, 1.165) is 47.2 Å². The third kappa shape index (κ3) is 4.65. The van der Waals surface area contributed by atoms with Crippen LogP contribution in [0.1, 0.15) is 36.5 Å². The van der Waals surface area contributed by atoms with Crippen LogP contribution in [0.5, 0.6) is 23.0 Å². The third-order valence-electron chi connectivity index (χ3n) is 11.1. The van der Waals surface area contributed by atoms with E-state index >= 15 is 0 Å². The van der Waals surface area contributed by atoms with Crippen LogP contribution in [0.3, 0.4) is 0 Å². The fourth-order valence-corrected chi connectivity index (χ4v) is 8.90. The molecule has 1 heterocycles. The maximum atomic E-state index is 6.48. The quantitative estimate of drug-likeness (QED) is 0.184. The summed E-state index contributed by atoms with van der Waals surface area (Å²) in [5.41, 5.74) is 10.0. The van der Waals surface area contributed by atoms with Gasteiger partial charge in [-0.3, -0.25) is 0 Å². The maximum absolute atomic E-state index is 6.48. The zero-order valence-corrected chi connectivity index (χ0v) is 28.5. The van der Waals surface area contributed by atoms with Gasteiger partial charge < -0.3 is 14.4 Å². The summed E-state index contributed by atoms with van der Waals surface area (Å²) >= 11 is 0. The van der Waals surface area contributed by atoms with Crippen LogP contribution in [0.4, 0.5) is 11.4 Å². The van der Waals surface area contributed by atoms with Crippen LogP contribution in [0.15, 0.2) is 181 Å². The lowest BCUT2D eigenvalue weighted by Crippen LogP contribution is -2.36. The summed E-state index contributed by atoms with van der Waals surface area (Å²) in [5.74, 6) is 3.36. The van der Waals surface area contributed by atoms with Crippen LogP contribution in [0.2, 0.25) is 0 Å². The highest BCUT2D eigenvalue weighted by Crippen LogP contribution is 2.60. The molecule has 0 aromatic heterocycles. The van der Waals surface area contributed by atoms with Crippen molar-refractivity contribution in [2.75, 3.05) is 4.90 Å². The Morgan fingerprint density at radius 1 is 0.686 bits per heavy atom. The highest BCUT2D eigenvalue weighted by Gasteiger charge is 2.50. The molecule has 3 nitrogen and oxygen atoms in total. The average molecular weight is 660 g/mol. The highest BCUT2D eigenvalue weighted by atomic mass is 16.6. The first-order valence-electron chi connectivity index (χ1n) is 18.0. The Morgan fingerprint density at radius 3 is 2.27 bits per heavy atom. The molecule has 3 heteroatoms. The van der Waals surface area contributed by atoms with Crippen molar-refractivity contribution >= 4 is 27.7 Å². The zero-order valence-electron chi connectivity index (χ0n) is 28.5. The van der Waals surface area contributed by atoms with E-state index < -0.39 is 5.41 Å². The number of fused-ring (bicyclic) bond motifs is 6.